The Balaban J connectivity index is 1.68. The second-order valence-electron chi connectivity index (χ2n) is 6.41. The number of hydrogen-bond acceptors (Lipinski definition) is 2. The summed E-state index contributed by atoms with van der Waals surface area (Å²) in [6.45, 7) is 2.02. The van der Waals surface area contributed by atoms with E-state index in [9.17, 15) is 9.50 Å². The van der Waals surface area contributed by atoms with Crippen molar-refractivity contribution in [2.45, 2.75) is 25.0 Å². The molecule has 114 valence electrons. The van der Waals surface area contributed by atoms with Gasteiger partial charge in [0.05, 0.1) is 12.1 Å². The first kappa shape index (κ1) is 13.9. The van der Waals surface area contributed by atoms with Gasteiger partial charge >= 0.3 is 0 Å². The molecule has 1 N–H and O–H groups in total. The van der Waals surface area contributed by atoms with Gasteiger partial charge in [0.2, 0.25) is 0 Å². The van der Waals surface area contributed by atoms with Crippen LogP contribution in [0.4, 0.5) is 4.39 Å². The maximum Gasteiger partial charge on any atom is 0.131 e. The molecule has 22 heavy (non-hydrogen) atoms. The fourth-order valence-corrected chi connectivity index (χ4v) is 3.99. The molecule has 0 radical (unpaired) electrons. The van der Waals surface area contributed by atoms with E-state index in [0.717, 1.165) is 37.1 Å². The van der Waals surface area contributed by atoms with Gasteiger partial charge in [-0.3, -0.25) is 4.90 Å². The molecule has 3 aliphatic rings. The van der Waals surface area contributed by atoms with Gasteiger partial charge in [-0.15, -0.1) is 0 Å². The van der Waals surface area contributed by atoms with E-state index in [1.54, 1.807) is 6.07 Å². The molecular formula is C19H20FNO. The molecule has 0 saturated carbocycles. The van der Waals surface area contributed by atoms with Crippen LogP contribution in [0, 0.1) is 11.7 Å². The first-order valence-corrected chi connectivity index (χ1v) is 8.01. The van der Waals surface area contributed by atoms with Crippen LogP contribution in [0.2, 0.25) is 0 Å². The smallest absolute Gasteiger partial charge is 0.131 e. The summed E-state index contributed by atoms with van der Waals surface area (Å²) in [6.07, 6.45) is 1.74. The number of hydrogen-bond donors (Lipinski definition) is 1. The normalized spacial score (nSPS) is 30.5. The minimum Gasteiger partial charge on any atom is -0.391 e. The van der Waals surface area contributed by atoms with Gasteiger partial charge in [0.15, 0.2) is 0 Å². The highest BCUT2D eigenvalue weighted by Gasteiger charge is 2.42. The molecule has 0 spiro atoms. The number of benzene rings is 2. The molecule has 3 saturated heterocycles. The number of aliphatic hydroxyl groups is 1. The van der Waals surface area contributed by atoms with Crippen molar-refractivity contribution in [2.75, 3.05) is 13.1 Å². The number of halogens is 1. The molecule has 2 unspecified atom stereocenters. The molecule has 2 aromatic carbocycles. The van der Waals surface area contributed by atoms with E-state index in [0.29, 0.717) is 11.5 Å². The Bertz CT molecular complexity index is 662. The van der Waals surface area contributed by atoms with Gasteiger partial charge in [0.1, 0.15) is 5.82 Å². The van der Waals surface area contributed by atoms with Gasteiger partial charge in [-0.1, -0.05) is 42.5 Å². The van der Waals surface area contributed by atoms with Crippen LogP contribution >= 0.6 is 0 Å². The predicted octanol–water partition coefficient (Wildman–Crippen LogP) is 3.62. The van der Waals surface area contributed by atoms with Gasteiger partial charge in [-0.05, 0) is 49.0 Å². The summed E-state index contributed by atoms with van der Waals surface area (Å²) in [5.41, 5.74) is 2.40. The summed E-state index contributed by atoms with van der Waals surface area (Å²) in [5.74, 6) is 0.158. The minimum absolute atomic E-state index is 0.0492. The molecule has 0 aromatic heterocycles. The zero-order chi connectivity index (χ0) is 15.1. The van der Waals surface area contributed by atoms with Crippen molar-refractivity contribution in [1.29, 1.82) is 0 Å². The Labute approximate surface area is 130 Å². The molecule has 0 aliphatic carbocycles. The third kappa shape index (κ3) is 2.25. The van der Waals surface area contributed by atoms with Crippen LogP contribution in [-0.2, 0) is 0 Å². The number of fused-ring (bicyclic) bond motifs is 3. The van der Waals surface area contributed by atoms with Crippen LogP contribution in [0.15, 0.2) is 48.5 Å². The molecular weight excluding hydrogens is 277 g/mol. The number of rotatable bonds is 2. The average Bonchev–Trinajstić information content (AvgIpc) is 2.56. The molecule has 3 aliphatic heterocycles. The lowest BCUT2D eigenvalue weighted by Gasteiger charge is -2.49. The Morgan fingerprint density at radius 1 is 1.00 bits per heavy atom. The zero-order valence-corrected chi connectivity index (χ0v) is 12.5. The maximum absolute atomic E-state index is 14.6. The SMILES string of the molecule is OC1C2CCN(CC2)C1c1ccc(-c2ccccc2)c(F)c1. The summed E-state index contributed by atoms with van der Waals surface area (Å²) in [5, 5.41) is 10.5. The van der Waals surface area contributed by atoms with Crippen LogP contribution in [0.3, 0.4) is 0 Å². The van der Waals surface area contributed by atoms with Gasteiger partial charge in [-0.2, -0.15) is 0 Å². The summed E-state index contributed by atoms with van der Waals surface area (Å²) in [6, 6.07) is 15.0. The summed E-state index contributed by atoms with van der Waals surface area (Å²) in [4.78, 5) is 2.29. The third-order valence-corrected chi connectivity index (χ3v) is 5.19. The van der Waals surface area contributed by atoms with E-state index in [1.165, 1.54) is 0 Å². The fourth-order valence-electron chi connectivity index (χ4n) is 3.99. The molecule has 3 heterocycles. The highest BCUT2D eigenvalue weighted by molar-refractivity contribution is 5.64. The molecule has 3 fully saturated rings. The quantitative estimate of drug-likeness (QED) is 0.915. The van der Waals surface area contributed by atoms with Crippen molar-refractivity contribution in [3.05, 3.63) is 59.9 Å². The molecule has 5 rings (SSSR count). The number of nitrogens with zero attached hydrogens (tertiary/aromatic N) is 1. The monoisotopic (exact) mass is 297 g/mol. The van der Waals surface area contributed by atoms with E-state index < -0.39 is 0 Å². The summed E-state index contributed by atoms with van der Waals surface area (Å²) < 4.78 is 14.6. The Hall–Kier alpha value is -1.71. The number of piperidine rings is 3. The third-order valence-electron chi connectivity index (χ3n) is 5.19. The van der Waals surface area contributed by atoms with Gasteiger partial charge in [0.25, 0.3) is 0 Å². The van der Waals surface area contributed by atoms with Crippen molar-refractivity contribution < 1.29 is 9.50 Å². The van der Waals surface area contributed by atoms with Gasteiger partial charge in [0, 0.05) is 5.56 Å². The Kier molecular flexibility index (Phi) is 3.47. The maximum atomic E-state index is 14.6. The van der Waals surface area contributed by atoms with Gasteiger partial charge in [-0.25, -0.2) is 4.39 Å². The van der Waals surface area contributed by atoms with Crippen molar-refractivity contribution in [3.8, 4) is 11.1 Å². The van der Waals surface area contributed by atoms with Crippen molar-refractivity contribution >= 4 is 0 Å². The Morgan fingerprint density at radius 3 is 2.36 bits per heavy atom. The van der Waals surface area contributed by atoms with Crippen molar-refractivity contribution in [1.82, 2.24) is 4.90 Å². The lowest BCUT2D eigenvalue weighted by atomic mass is 9.78. The largest absolute Gasteiger partial charge is 0.391 e. The predicted molar refractivity (Wildman–Crippen MR) is 84.9 cm³/mol. The highest BCUT2D eigenvalue weighted by atomic mass is 19.1. The van der Waals surface area contributed by atoms with E-state index in [4.69, 9.17) is 0 Å². The van der Waals surface area contributed by atoms with Crippen molar-refractivity contribution in [2.24, 2.45) is 5.92 Å². The van der Waals surface area contributed by atoms with E-state index in [-0.39, 0.29) is 18.0 Å². The minimum atomic E-state index is -0.371. The van der Waals surface area contributed by atoms with E-state index in [2.05, 4.69) is 4.90 Å². The van der Waals surface area contributed by atoms with Gasteiger partial charge < -0.3 is 5.11 Å². The van der Waals surface area contributed by atoms with Crippen molar-refractivity contribution in [3.63, 3.8) is 0 Å². The van der Waals surface area contributed by atoms with Crippen LogP contribution in [0.1, 0.15) is 24.4 Å². The average molecular weight is 297 g/mol. The zero-order valence-electron chi connectivity index (χ0n) is 12.5. The molecule has 3 heteroatoms. The van der Waals surface area contributed by atoms with Crippen LogP contribution in [-0.4, -0.2) is 29.2 Å². The summed E-state index contributed by atoms with van der Waals surface area (Å²) >= 11 is 0. The molecule has 0 amide bonds. The molecule has 2 atom stereocenters. The van der Waals surface area contributed by atoms with Crippen LogP contribution in [0.5, 0.6) is 0 Å². The molecule has 2 nitrogen and oxygen atoms in total. The Morgan fingerprint density at radius 2 is 1.73 bits per heavy atom. The second-order valence-corrected chi connectivity index (χ2v) is 6.41. The molecule has 2 bridgehead atoms. The summed E-state index contributed by atoms with van der Waals surface area (Å²) in [7, 11) is 0. The second kappa shape index (κ2) is 5.49. The first-order chi connectivity index (χ1) is 10.7. The topological polar surface area (TPSA) is 23.5 Å². The molecule has 2 aromatic rings. The fraction of sp³-hybridized carbons (Fsp3) is 0.368. The number of aliphatic hydroxyl groups excluding tert-OH is 1. The van der Waals surface area contributed by atoms with Crippen LogP contribution in [0.25, 0.3) is 11.1 Å². The van der Waals surface area contributed by atoms with E-state index in [1.807, 2.05) is 42.5 Å². The highest BCUT2D eigenvalue weighted by Crippen LogP contribution is 2.41. The van der Waals surface area contributed by atoms with Crippen LogP contribution < -0.4 is 0 Å². The lowest BCUT2D eigenvalue weighted by Crippen LogP contribution is -2.52. The lowest BCUT2D eigenvalue weighted by molar-refractivity contribution is -0.0740. The standard InChI is InChI=1S/C19H20FNO/c20-17-12-15(6-7-16(17)13-4-2-1-3-5-13)18-19(22)14-8-10-21(18)11-9-14/h1-7,12,14,18-19,22H,8-11H2. The first-order valence-electron chi connectivity index (χ1n) is 8.01. The van der Waals surface area contributed by atoms with E-state index >= 15 is 0 Å².